The lowest BCUT2D eigenvalue weighted by molar-refractivity contribution is 0.398. The first-order chi connectivity index (χ1) is 10.5. The number of aromatic nitrogens is 1. The van der Waals surface area contributed by atoms with Crippen LogP contribution in [0, 0.1) is 0 Å². The molecule has 0 saturated heterocycles. The summed E-state index contributed by atoms with van der Waals surface area (Å²) in [4.78, 5) is 4.60. The molecule has 2 aromatic rings. The Bertz CT molecular complexity index is 718. The maximum absolute atomic E-state index is 12.9. The van der Waals surface area contributed by atoms with Crippen molar-refractivity contribution in [2.45, 2.75) is 50.1 Å². The van der Waals surface area contributed by atoms with E-state index in [1.54, 1.807) is 22.6 Å². The lowest BCUT2D eigenvalue weighted by Gasteiger charge is -2.21. The van der Waals surface area contributed by atoms with Gasteiger partial charge in [0.1, 0.15) is 5.01 Å². The maximum atomic E-state index is 12.9. The molecule has 1 aliphatic carbocycles. The van der Waals surface area contributed by atoms with Crippen LogP contribution in [0.15, 0.2) is 40.7 Å². The third kappa shape index (κ3) is 3.24. The molecule has 1 aliphatic rings. The van der Waals surface area contributed by atoms with Crippen molar-refractivity contribution in [2.24, 2.45) is 0 Å². The first-order valence-electron chi connectivity index (χ1n) is 7.48. The van der Waals surface area contributed by atoms with E-state index in [1.807, 2.05) is 17.5 Å². The molecule has 4 nitrogen and oxygen atoms in total. The largest absolute Gasteiger partial charge is 0.248 e. The molecule has 0 bridgehead atoms. The van der Waals surface area contributed by atoms with Gasteiger partial charge in [0.05, 0.1) is 11.4 Å². The van der Waals surface area contributed by atoms with Gasteiger partial charge in [0.15, 0.2) is 0 Å². The van der Waals surface area contributed by atoms with Crippen molar-refractivity contribution in [1.29, 1.82) is 0 Å². The molecule has 0 radical (unpaired) electrons. The maximum Gasteiger partial charge on any atom is 0.243 e. The Labute approximate surface area is 135 Å². The Balaban J connectivity index is 1.88. The monoisotopic (exact) mass is 336 g/mol. The van der Waals surface area contributed by atoms with E-state index in [0.717, 1.165) is 23.4 Å². The summed E-state index contributed by atoms with van der Waals surface area (Å²) in [5, 5.41) is 2.72. The first kappa shape index (κ1) is 15.6. The van der Waals surface area contributed by atoms with Crippen LogP contribution < -0.4 is 0 Å². The number of nitrogens with zero attached hydrogens (tertiary/aromatic N) is 2. The van der Waals surface area contributed by atoms with Gasteiger partial charge in [-0.15, -0.1) is 11.3 Å². The molecule has 3 rings (SSSR count). The minimum atomic E-state index is -3.46. The van der Waals surface area contributed by atoms with Crippen LogP contribution in [-0.4, -0.2) is 23.7 Å². The van der Waals surface area contributed by atoms with Crippen LogP contribution >= 0.6 is 11.3 Å². The lowest BCUT2D eigenvalue weighted by Crippen LogP contribution is -2.32. The lowest BCUT2D eigenvalue weighted by atomic mass is 10.0. The summed E-state index contributed by atoms with van der Waals surface area (Å²) in [6, 6.07) is 7.39. The summed E-state index contributed by atoms with van der Waals surface area (Å²) >= 11 is 1.50. The number of hydrogen-bond acceptors (Lipinski definition) is 4. The molecule has 0 aliphatic heterocycles. The minimum Gasteiger partial charge on any atom is -0.248 e. The van der Waals surface area contributed by atoms with Crippen LogP contribution in [0.3, 0.4) is 0 Å². The normalized spacial score (nSPS) is 15.6. The molecule has 0 N–H and O–H groups in total. The van der Waals surface area contributed by atoms with Gasteiger partial charge in [0.25, 0.3) is 0 Å². The van der Waals surface area contributed by atoms with Crippen molar-refractivity contribution < 1.29 is 8.42 Å². The van der Waals surface area contributed by atoms with Crippen molar-refractivity contribution in [2.75, 3.05) is 0 Å². The average Bonchev–Trinajstić information content (AvgIpc) is 3.20. The predicted octanol–water partition coefficient (Wildman–Crippen LogP) is 3.62. The van der Waals surface area contributed by atoms with Crippen LogP contribution in [0.4, 0.5) is 0 Å². The fraction of sp³-hybridized carbons (Fsp3) is 0.438. The Morgan fingerprint density at radius 2 is 1.95 bits per heavy atom. The average molecular weight is 336 g/mol. The standard InChI is InChI=1S/C16H20N2O2S2/c1-12(2)13-3-7-15(8-4-13)22(19,20)18(14-5-6-14)11-16-17-9-10-21-16/h3-4,7-10,12,14H,5-6,11H2,1-2H3. The van der Waals surface area contributed by atoms with Gasteiger partial charge in [0.2, 0.25) is 10.0 Å². The van der Waals surface area contributed by atoms with Gasteiger partial charge in [-0.05, 0) is 36.5 Å². The molecule has 0 amide bonds. The highest BCUT2D eigenvalue weighted by Gasteiger charge is 2.38. The molecule has 0 spiro atoms. The van der Waals surface area contributed by atoms with E-state index in [4.69, 9.17) is 0 Å². The fourth-order valence-corrected chi connectivity index (χ4v) is 4.74. The van der Waals surface area contributed by atoms with Crippen LogP contribution in [0.2, 0.25) is 0 Å². The van der Waals surface area contributed by atoms with Crippen molar-refractivity contribution in [1.82, 2.24) is 9.29 Å². The number of thiazole rings is 1. The summed E-state index contributed by atoms with van der Waals surface area (Å²) in [5.74, 6) is 0.395. The molecule has 1 aromatic heterocycles. The van der Waals surface area contributed by atoms with Gasteiger partial charge in [-0.1, -0.05) is 26.0 Å². The second-order valence-corrected chi connectivity index (χ2v) is 8.80. The van der Waals surface area contributed by atoms with E-state index in [9.17, 15) is 8.42 Å². The molecular formula is C16H20N2O2S2. The third-order valence-electron chi connectivity index (χ3n) is 3.88. The van der Waals surface area contributed by atoms with Gasteiger partial charge in [-0.3, -0.25) is 0 Å². The molecule has 6 heteroatoms. The number of rotatable bonds is 6. The zero-order valence-corrected chi connectivity index (χ0v) is 14.4. The molecule has 1 saturated carbocycles. The Hall–Kier alpha value is -1.24. The summed E-state index contributed by atoms with van der Waals surface area (Å²) in [7, 11) is -3.46. The quantitative estimate of drug-likeness (QED) is 0.809. The van der Waals surface area contributed by atoms with Gasteiger partial charge < -0.3 is 0 Å². The molecule has 1 heterocycles. The molecule has 22 heavy (non-hydrogen) atoms. The first-order valence-corrected chi connectivity index (χ1v) is 9.80. The van der Waals surface area contributed by atoms with Crippen LogP contribution in [0.5, 0.6) is 0 Å². The molecule has 0 unspecified atom stereocenters. The van der Waals surface area contributed by atoms with E-state index in [2.05, 4.69) is 18.8 Å². The SMILES string of the molecule is CC(C)c1ccc(S(=O)(=O)N(Cc2nccs2)C2CC2)cc1. The van der Waals surface area contributed by atoms with Gasteiger partial charge in [0, 0.05) is 17.6 Å². The molecule has 118 valence electrons. The second kappa shape index (κ2) is 6.10. The highest BCUT2D eigenvalue weighted by Crippen LogP contribution is 2.34. The molecule has 1 fully saturated rings. The third-order valence-corrected chi connectivity index (χ3v) is 6.56. The molecule has 0 atom stereocenters. The highest BCUT2D eigenvalue weighted by molar-refractivity contribution is 7.89. The topological polar surface area (TPSA) is 50.3 Å². The molecular weight excluding hydrogens is 316 g/mol. The Kier molecular flexibility index (Phi) is 4.34. The van der Waals surface area contributed by atoms with Gasteiger partial charge in [-0.25, -0.2) is 13.4 Å². The van der Waals surface area contributed by atoms with Crippen LogP contribution in [0.1, 0.15) is 43.2 Å². The van der Waals surface area contributed by atoms with Crippen molar-refractivity contribution in [3.05, 3.63) is 46.4 Å². The summed E-state index contributed by atoms with van der Waals surface area (Å²) in [6.45, 7) is 4.57. The smallest absolute Gasteiger partial charge is 0.243 e. The predicted molar refractivity (Wildman–Crippen MR) is 88.4 cm³/mol. The minimum absolute atomic E-state index is 0.124. The summed E-state index contributed by atoms with van der Waals surface area (Å²) < 4.78 is 27.5. The van der Waals surface area contributed by atoms with E-state index in [0.29, 0.717) is 17.4 Å². The Morgan fingerprint density at radius 1 is 1.27 bits per heavy atom. The zero-order chi connectivity index (χ0) is 15.7. The number of benzene rings is 1. The van der Waals surface area contributed by atoms with E-state index in [-0.39, 0.29) is 6.04 Å². The fourth-order valence-electron chi connectivity index (χ4n) is 2.40. The van der Waals surface area contributed by atoms with Gasteiger partial charge >= 0.3 is 0 Å². The van der Waals surface area contributed by atoms with Crippen LogP contribution in [-0.2, 0) is 16.6 Å². The second-order valence-electron chi connectivity index (χ2n) is 5.93. The van der Waals surface area contributed by atoms with Crippen molar-refractivity contribution in [3.63, 3.8) is 0 Å². The Morgan fingerprint density at radius 3 is 2.45 bits per heavy atom. The van der Waals surface area contributed by atoms with Crippen molar-refractivity contribution in [3.8, 4) is 0 Å². The number of sulfonamides is 1. The molecule has 1 aromatic carbocycles. The van der Waals surface area contributed by atoms with E-state index < -0.39 is 10.0 Å². The summed E-state index contributed by atoms with van der Waals surface area (Å²) in [5.41, 5.74) is 1.15. The summed E-state index contributed by atoms with van der Waals surface area (Å²) in [6.07, 6.45) is 3.60. The number of hydrogen-bond donors (Lipinski definition) is 0. The van der Waals surface area contributed by atoms with E-state index >= 15 is 0 Å². The van der Waals surface area contributed by atoms with Crippen LogP contribution in [0.25, 0.3) is 0 Å². The van der Waals surface area contributed by atoms with E-state index in [1.165, 1.54) is 11.3 Å². The van der Waals surface area contributed by atoms with Crippen molar-refractivity contribution >= 4 is 21.4 Å². The van der Waals surface area contributed by atoms with Gasteiger partial charge in [-0.2, -0.15) is 4.31 Å². The zero-order valence-electron chi connectivity index (χ0n) is 12.8. The highest BCUT2D eigenvalue weighted by atomic mass is 32.2.